The van der Waals surface area contributed by atoms with E-state index in [2.05, 4.69) is 17.3 Å². The Morgan fingerprint density at radius 2 is 2.33 bits per heavy atom. The lowest BCUT2D eigenvalue weighted by Gasteiger charge is -2.09. The summed E-state index contributed by atoms with van der Waals surface area (Å²) in [7, 11) is 1.92. The summed E-state index contributed by atoms with van der Waals surface area (Å²) in [6.45, 7) is 5.51. The van der Waals surface area contributed by atoms with E-state index in [1.807, 2.05) is 24.9 Å². The molecule has 0 aliphatic rings. The van der Waals surface area contributed by atoms with Gasteiger partial charge in [-0.05, 0) is 13.3 Å². The van der Waals surface area contributed by atoms with Crippen LogP contribution in [0.2, 0.25) is 0 Å². The summed E-state index contributed by atoms with van der Waals surface area (Å²) in [6.07, 6.45) is 3.66. The van der Waals surface area contributed by atoms with Gasteiger partial charge in [0.15, 0.2) is 0 Å². The van der Waals surface area contributed by atoms with Crippen molar-refractivity contribution < 1.29 is 5.11 Å². The summed E-state index contributed by atoms with van der Waals surface area (Å²) < 4.78 is 1.81. The third kappa shape index (κ3) is 4.01. The third-order valence-corrected chi connectivity index (χ3v) is 2.43. The molecule has 0 saturated heterocycles. The first-order valence-electron chi connectivity index (χ1n) is 5.51. The molecule has 15 heavy (non-hydrogen) atoms. The molecule has 86 valence electrons. The van der Waals surface area contributed by atoms with Gasteiger partial charge in [0.2, 0.25) is 0 Å². The number of nitrogens with one attached hydrogen (secondary N) is 1. The Kier molecular flexibility index (Phi) is 4.78. The van der Waals surface area contributed by atoms with Crippen LogP contribution in [0.15, 0.2) is 6.20 Å². The van der Waals surface area contributed by atoms with Crippen molar-refractivity contribution in [2.24, 2.45) is 7.05 Å². The van der Waals surface area contributed by atoms with E-state index in [1.54, 1.807) is 0 Å². The molecule has 0 aliphatic carbocycles. The van der Waals surface area contributed by atoms with Gasteiger partial charge in [0.25, 0.3) is 0 Å². The van der Waals surface area contributed by atoms with Crippen LogP contribution in [0.1, 0.15) is 31.0 Å². The Balaban J connectivity index is 2.28. The highest BCUT2D eigenvalue weighted by atomic mass is 16.3. The zero-order valence-electron chi connectivity index (χ0n) is 9.82. The Bertz CT molecular complexity index is 296. The molecule has 0 saturated carbocycles. The second-order valence-electron chi connectivity index (χ2n) is 3.99. The van der Waals surface area contributed by atoms with E-state index in [1.165, 1.54) is 5.56 Å². The van der Waals surface area contributed by atoms with Crippen molar-refractivity contribution in [3.05, 3.63) is 17.5 Å². The number of nitrogens with zero attached hydrogens (tertiary/aromatic N) is 2. The monoisotopic (exact) mass is 211 g/mol. The molecule has 0 amide bonds. The van der Waals surface area contributed by atoms with Crippen LogP contribution in [-0.4, -0.2) is 27.5 Å². The van der Waals surface area contributed by atoms with E-state index >= 15 is 0 Å². The summed E-state index contributed by atoms with van der Waals surface area (Å²) in [5, 5.41) is 17.0. The van der Waals surface area contributed by atoms with Crippen molar-refractivity contribution in [1.82, 2.24) is 15.1 Å². The van der Waals surface area contributed by atoms with Gasteiger partial charge in [-0.3, -0.25) is 4.68 Å². The number of rotatable bonds is 6. The van der Waals surface area contributed by atoms with Crippen LogP contribution in [0.5, 0.6) is 0 Å². The lowest BCUT2D eigenvalue weighted by Crippen LogP contribution is -2.26. The molecule has 0 spiro atoms. The zero-order valence-corrected chi connectivity index (χ0v) is 9.82. The first kappa shape index (κ1) is 12.2. The minimum Gasteiger partial charge on any atom is -0.392 e. The van der Waals surface area contributed by atoms with Crippen molar-refractivity contribution >= 4 is 0 Å². The van der Waals surface area contributed by atoms with Crippen molar-refractivity contribution in [3.8, 4) is 0 Å². The third-order valence-electron chi connectivity index (χ3n) is 2.43. The Morgan fingerprint density at radius 1 is 1.60 bits per heavy atom. The second-order valence-corrected chi connectivity index (χ2v) is 3.99. The maximum absolute atomic E-state index is 9.52. The van der Waals surface area contributed by atoms with E-state index < -0.39 is 0 Å². The van der Waals surface area contributed by atoms with E-state index in [-0.39, 0.29) is 6.10 Å². The van der Waals surface area contributed by atoms with E-state index in [0.29, 0.717) is 6.54 Å². The lowest BCUT2D eigenvalue weighted by molar-refractivity contribution is 0.160. The molecule has 0 radical (unpaired) electrons. The van der Waals surface area contributed by atoms with Gasteiger partial charge in [-0.1, -0.05) is 13.3 Å². The van der Waals surface area contributed by atoms with Crippen LogP contribution in [0.4, 0.5) is 0 Å². The molecular formula is C11H21N3O. The van der Waals surface area contributed by atoms with E-state index in [0.717, 1.165) is 25.1 Å². The van der Waals surface area contributed by atoms with Crippen LogP contribution < -0.4 is 5.32 Å². The highest BCUT2D eigenvalue weighted by Gasteiger charge is 2.04. The predicted octanol–water partition coefficient (Wildman–Crippen LogP) is 0.979. The summed E-state index contributed by atoms with van der Waals surface area (Å²) in [5.41, 5.74) is 2.25. The van der Waals surface area contributed by atoms with Crippen molar-refractivity contribution in [2.45, 2.75) is 39.3 Å². The topological polar surface area (TPSA) is 50.1 Å². The summed E-state index contributed by atoms with van der Waals surface area (Å²) in [6, 6.07) is 0. The molecule has 1 heterocycles. The van der Waals surface area contributed by atoms with Crippen molar-refractivity contribution in [1.29, 1.82) is 0 Å². The van der Waals surface area contributed by atoms with Gasteiger partial charge >= 0.3 is 0 Å². The molecule has 1 aromatic heterocycles. The Morgan fingerprint density at radius 3 is 2.87 bits per heavy atom. The van der Waals surface area contributed by atoms with Gasteiger partial charge in [-0.25, -0.2) is 0 Å². The van der Waals surface area contributed by atoms with Gasteiger partial charge in [-0.2, -0.15) is 5.10 Å². The quantitative estimate of drug-likeness (QED) is 0.737. The van der Waals surface area contributed by atoms with E-state index in [4.69, 9.17) is 0 Å². The number of aryl methyl sites for hydroxylation is 2. The fourth-order valence-corrected chi connectivity index (χ4v) is 1.63. The number of hydrogen-bond donors (Lipinski definition) is 2. The number of aromatic nitrogens is 2. The zero-order chi connectivity index (χ0) is 11.3. The molecule has 1 aromatic rings. The fraction of sp³-hybridized carbons (Fsp3) is 0.727. The van der Waals surface area contributed by atoms with E-state index in [9.17, 15) is 5.11 Å². The number of aliphatic hydroxyl groups is 1. The van der Waals surface area contributed by atoms with Crippen LogP contribution in [0.25, 0.3) is 0 Å². The van der Waals surface area contributed by atoms with Crippen molar-refractivity contribution in [2.75, 3.05) is 6.54 Å². The molecule has 1 rings (SSSR count). The molecule has 1 unspecified atom stereocenters. The minimum absolute atomic E-state index is 0.230. The van der Waals surface area contributed by atoms with Crippen molar-refractivity contribution in [3.63, 3.8) is 0 Å². The van der Waals surface area contributed by atoms with Gasteiger partial charge < -0.3 is 10.4 Å². The first-order chi connectivity index (χ1) is 7.13. The van der Waals surface area contributed by atoms with Gasteiger partial charge in [0.05, 0.1) is 11.8 Å². The Hall–Kier alpha value is -0.870. The van der Waals surface area contributed by atoms with Crippen LogP contribution in [0, 0.1) is 6.92 Å². The fourth-order valence-electron chi connectivity index (χ4n) is 1.63. The number of hydrogen-bond acceptors (Lipinski definition) is 3. The van der Waals surface area contributed by atoms with Crippen LogP contribution in [0.3, 0.4) is 0 Å². The minimum atomic E-state index is -0.230. The Labute approximate surface area is 91.3 Å². The van der Waals surface area contributed by atoms with Crippen LogP contribution >= 0.6 is 0 Å². The maximum atomic E-state index is 9.52. The molecule has 4 nitrogen and oxygen atoms in total. The molecule has 0 aliphatic heterocycles. The predicted molar refractivity (Wildman–Crippen MR) is 60.6 cm³/mol. The maximum Gasteiger partial charge on any atom is 0.0664 e. The second kappa shape index (κ2) is 5.88. The molecule has 1 atom stereocenters. The van der Waals surface area contributed by atoms with Crippen LogP contribution in [-0.2, 0) is 13.6 Å². The van der Waals surface area contributed by atoms with Gasteiger partial charge in [0, 0.05) is 31.9 Å². The SMILES string of the molecule is CCCC(O)CNCc1cn(C)nc1C. The summed E-state index contributed by atoms with van der Waals surface area (Å²) in [5.74, 6) is 0. The van der Waals surface area contributed by atoms with Gasteiger partial charge in [0.1, 0.15) is 0 Å². The molecule has 0 aromatic carbocycles. The summed E-state index contributed by atoms with van der Waals surface area (Å²) in [4.78, 5) is 0. The normalized spacial score (nSPS) is 13.1. The number of aliphatic hydroxyl groups excluding tert-OH is 1. The average molecular weight is 211 g/mol. The largest absolute Gasteiger partial charge is 0.392 e. The molecule has 0 bridgehead atoms. The first-order valence-corrected chi connectivity index (χ1v) is 5.51. The average Bonchev–Trinajstić information content (AvgIpc) is 2.46. The summed E-state index contributed by atoms with van der Waals surface area (Å²) >= 11 is 0. The van der Waals surface area contributed by atoms with Gasteiger partial charge in [-0.15, -0.1) is 0 Å². The smallest absolute Gasteiger partial charge is 0.0664 e. The molecule has 0 fully saturated rings. The molecular weight excluding hydrogens is 190 g/mol. The highest BCUT2D eigenvalue weighted by molar-refractivity contribution is 5.14. The lowest BCUT2D eigenvalue weighted by atomic mass is 10.2. The molecule has 2 N–H and O–H groups in total. The highest BCUT2D eigenvalue weighted by Crippen LogP contribution is 2.03. The standard InChI is InChI=1S/C11H21N3O/c1-4-5-11(15)7-12-6-10-8-14(3)13-9(10)2/h8,11-12,15H,4-7H2,1-3H3. The molecule has 4 heteroatoms.